The first-order valence-corrected chi connectivity index (χ1v) is 12.1. The zero-order chi connectivity index (χ0) is 25.0. The van der Waals surface area contributed by atoms with Gasteiger partial charge in [0.05, 0.1) is 32.5 Å². The van der Waals surface area contributed by atoms with Gasteiger partial charge < -0.3 is 24.3 Å². The van der Waals surface area contributed by atoms with Gasteiger partial charge in [0, 0.05) is 6.54 Å². The second-order valence-electron chi connectivity index (χ2n) is 9.42. The minimum Gasteiger partial charge on any atom is -0.495 e. The molecule has 0 aliphatic carbocycles. The number of pyridine rings is 1. The number of hydrogen-bond donors (Lipinski definition) is 1. The summed E-state index contributed by atoms with van der Waals surface area (Å²) in [5, 5.41) is 3.40. The predicted octanol–water partition coefficient (Wildman–Crippen LogP) is 4.33. The highest BCUT2D eigenvalue weighted by molar-refractivity contribution is 6.08. The van der Waals surface area contributed by atoms with Crippen molar-refractivity contribution in [1.82, 2.24) is 10.3 Å². The topological polar surface area (TPSA) is 82.2 Å². The smallest absolute Gasteiger partial charge is 0.263 e. The molecule has 1 saturated heterocycles. The Morgan fingerprint density at radius 2 is 1.89 bits per heavy atom. The molecule has 4 rings (SSSR count). The van der Waals surface area contributed by atoms with E-state index in [1.54, 1.807) is 37.3 Å². The van der Waals surface area contributed by atoms with Crippen LogP contribution in [0, 0.1) is 5.92 Å². The molecule has 2 aliphatic rings. The number of carbonyl (C=O) groups is 1. The Labute approximate surface area is 207 Å². The number of carbonyl (C=O) groups excluding carboxylic acids is 1. The van der Waals surface area contributed by atoms with Crippen LogP contribution in [0.4, 0.5) is 5.82 Å². The molecule has 8 nitrogen and oxygen atoms in total. The van der Waals surface area contributed by atoms with Crippen molar-refractivity contribution in [3.8, 4) is 23.1 Å². The Bertz CT molecular complexity index is 1090. The van der Waals surface area contributed by atoms with Gasteiger partial charge in [-0.15, -0.1) is 0 Å². The van der Waals surface area contributed by atoms with Gasteiger partial charge in [-0.25, -0.2) is 0 Å². The van der Waals surface area contributed by atoms with Gasteiger partial charge in [0.15, 0.2) is 5.75 Å². The second-order valence-corrected chi connectivity index (χ2v) is 9.42. The monoisotopic (exact) mass is 481 g/mol. The van der Waals surface area contributed by atoms with E-state index in [1.807, 2.05) is 32.1 Å². The van der Waals surface area contributed by atoms with E-state index in [4.69, 9.17) is 18.9 Å². The van der Waals surface area contributed by atoms with E-state index >= 15 is 0 Å². The van der Waals surface area contributed by atoms with E-state index in [2.05, 4.69) is 10.3 Å². The summed E-state index contributed by atoms with van der Waals surface area (Å²) in [7, 11) is 4.68. The highest BCUT2D eigenvalue weighted by Crippen LogP contribution is 2.40. The molecule has 35 heavy (non-hydrogen) atoms. The summed E-state index contributed by atoms with van der Waals surface area (Å²) >= 11 is 0. The highest BCUT2D eigenvalue weighted by Gasteiger charge is 2.30. The van der Waals surface area contributed by atoms with Crippen molar-refractivity contribution in [2.45, 2.75) is 38.7 Å². The van der Waals surface area contributed by atoms with Gasteiger partial charge >= 0.3 is 0 Å². The number of piperidine rings is 1. The summed E-state index contributed by atoms with van der Waals surface area (Å²) in [4.78, 5) is 20.3. The number of fused-ring (bicyclic) bond motifs is 1. The summed E-state index contributed by atoms with van der Waals surface area (Å²) in [5.41, 5.74) is 0.797. The van der Waals surface area contributed by atoms with E-state index in [9.17, 15) is 4.79 Å². The third kappa shape index (κ3) is 5.37. The summed E-state index contributed by atoms with van der Waals surface area (Å²) in [5.74, 6) is 2.91. The zero-order valence-corrected chi connectivity index (χ0v) is 21.2. The summed E-state index contributed by atoms with van der Waals surface area (Å²) in [6, 6.07) is 7.17. The normalized spacial score (nSPS) is 16.7. The largest absolute Gasteiger partial charge is 0.495 e. The maximum Gasteiger partial charge on any atom is 0.263 e. The Hall–Kier alpha value is -3.26. The minimum atomic E-state index is -0.423. The summed E-state index contributed by atoms with van der Waals surface area (Å²) < 4.78 is 22.6. The lowest BCUT2D eigenvalue weighted by Gasteiger charge is -2.30. The number of aromatic nitrogens is 1. The molecular weight excluding hydrogens is 446 g/mol. The molecule has 0 unspecified atom stereocenters. The van der Waals surface area contributed by atoms with Crippen molar-refractivity contribution < 1.29 is 23.7 Å². The van der Waals surface area contributed by atoms with Crippen LogP contribution in [-0.2, 0) is 0 Å². The van der Waals surface area contributed by atoms with Gasteiger partial charge in [-0.05, 0) is 88.5 Å². The number of hydrogen-bond acceptors (Lipinski definition) is 7. The molecule has 2 aliphatic heterocycles. The van der Waals surface area contributed by atoms with E-state index in [0.717, 1.165) is 37.9 Å². The molecular formula is C27H35N3O5. The molecule has 188 valence electrons. The number of rotatable bonds is 8. The van der Waals surface area contributed by atoms with Crippen LogP contribution < -0.4 is 29.2 Å². The van der Waals surface area contributed by atoms with Crippen LogP contribution in [0.1, 0.15) is 49.0 Å². The average Bonchev–Trinajstić information content (AvgIpc) is 2.87. The molecule has 3 heterocycles. The number of nitrogens with one attached hydrogen (secondary N) is 1. The number of benzene rings is 1. The molecule has 0 saturated carbocycles. The summed E-state index contributed by atoms with van der Waals surface area (Å²) in [6.07, 6.45) is 7.01. The zero-order valence-electron chi connectivity index (χ0n) is 21.2. The first-order chi connectivity index (χ1) is 16.9. The third-order valence-corrected chi connectivity index (χ3v) is 6.58. The first kappa shape index (κ1) is 24.9. The van der Waals surface area contributed by atoms with Crippen molar-refractivity contribution >= 4 is 17.8 Å². The lowest BCUT2D eigenvalue weighted by Crippen LogP contribution is -2.36. The fourth-order valence-electron chi connectivity index (χ4n) is 4.64. The molecule has 1 aromatic carbocycles. The van der Waals surface area contributed by atoms with Crippen molar-refractivity contribution in [1.29, 1.82) is 0 Å². The fraction of sp³-hybridized carbons (Fsp3) is 0.481. The Morgan fingerprint density at radius 3 is 2.57 bits per heavy atom. The number of amides is 1. The number of methoxy groups -OCH3 is 3. The molecule has 0 radical (unpaired) electrons. The average molecular weight is 482 g/mol. The lowest BCUT2D eigenvalue weighted by atomic mass is 9.94. The van der Waals surface area contributed by atoms with Crippen LogP contribution in [-0.4, -0.2) is 57.5 Å². The van der Waals surface area contributed by atoms with Gasteiger partial charge in [-0.1, -0.05) is 0 Å². The number of nitrogens with zero attached hydrogens (tertiary/aromatic N) is 2. The Kier molecular flexibility index (Phi) is 7.50. The van der Waals surface area contributed by atoms with Crippen LogP contribution in [0.3, 0.4) is 0 Å². The Balaban J connectivity index is 1.71. The van der Waals surface area contributed by atoms with Crippen LogP contribution >= 0.6 is 0 Å². The predicted molar refractivity (Wildman–Crippen MR) is 136 cm³/mol. The van der Waals surface area contributed by atoms with Crippen molar-refractivity contribution in [2.24, 2.45) is 5.92 Å². The minimum absolute atomic E-state index is 0.184. The van der Waals surface area contributed by atoms with Crippen LogP contribution in [0.2, 0.25) is 0 Å². The third-order valence-electron chi connectivity index (χ3n) is 6.58. The lowest BCUT2D eigenvalue weighted by molar-refractivity contribution is 0.0980. The Morgan fingerprint density at radius 1 is 1.11 bits per heavy atom. The maximum atomic E-state index is 14.0. The molecule has 1 fully saturated rings. The quantitative estimate of drug-likeness (QED) is 0.601. The molecule has 2 aromatic rings. The standard InChI is InChI=1S/C27H35N3O5/c1-27(2)14-10-19-21(35-27)7-6-20(24(19)33-4)26(31)30(17-13-18-11-15-28-16-12-18)23-9-8-22(32-3)25(29-23)34-5/h6-10,14,18,28H,11-13,15-17H2,1-5H3. The van der Waals surface area contributed by atoms with Crippen LogP contribution in [0.25, 0.3) is 6.08 Å². The molecule has 0 bridgehead atoms. The van der Waals surface area contributed by atoms with Crippen LogP contribution in [0.5, 0.6) is 23.1 Å². The van der Waals surface area contributed by atoms with Gasteiger partial charge in [-0.3, -0.25) is 9.69 Å². The van der Waals surface area contributed by atoms with Crippen molar-refractivity contribution in [3.05, 3.63) is 41.5 Å². The van der Waals surface area contributed by atoms with Crippen LogP contribution in [0.15, 0.2) is 30.3 Å². The first-order valence-electron chi connectivity index (χ1n) is 12.1. The van der Waals surface area contributed by atoms with E-state index in [-0.39, 0.29) is 5.91 Å². The second kappa shape index (κ2) is 10.6. The van der Waals surface area contributed by atoms with E-state index in [1.165, 1.54) is 7.11 Å². The van der Waals surface area contributed by atoms with Gasteiger partial charge in [0.1, 0.15) is 22.9 Å². The van der Waals surface area contributed by atoms with Gasteiger partial charge in [0.2, 0.25) is 0 Å². The number of ether oxygens (including phenoxy) is 4. The fourth-order valence-corrected chi connectivity index (χ4v) is 4.64. The van der Waals surface area contributed by atoms with E-state index in [0.29, 0.717) is 47.0 Å². The summed E-state index contributed by atoms with van der Waals surface area (Å²) in [6.45, 7) is 6.53. The number of anilines is 1. The van der Waals surface area contributed by atoms with Gasteiger partial charge in [0.25, 0.3) is 11.8 Å². The maximum absolute atomic E-state index is 14.0. The SMILES string of the molecule is COc1ccc(N(CCC2CCNCC2)C(=O)c2ccc3c(c2OC)C=CC(C)(C)O3)nc1OC. The van der Waals surface area contributed by atoms with Gasteiger partial charge in [-0.2, -0.15) is 4.98 Å². The van der Waals surface area contributed by atoms with Crippen molar-refractivity contribution in [3.63, 3.8) is 0 Å². The molecule has 1 aromatic heterocycles. The molecule has 0 atom stereocenters. The molecule has 8 heteroatoms. The molecule has 1 amide bonds. The van der Waals surface area contributed by atoms with Crippen molar-refractivity contribution in [2.75, 3.05) is 45.9 Å². The highest BCUT2D eigenvalue weighted by atomic mass is 16.5. The van der Waals surface area contributed by atoms with E-state index < -0.39 is 5.60 Å². The molecule has 0 spiro atoms. The molecule has 1 N–H and O–H groups in total.